The normalized spacial score (nSPS) is 28.7. The molecule has 6 heteroatoms. The van der Waals surface area contributed by atoms with E-state index in [1.807, 2.05) is 24.3 Å². The standard InChI is InChI=1S/C24H32Cl2O4/c1-2-3-4-5-6-10-21-20(22(26)16-23(21)27)11-12-24(29-13-14-30-24)17-28-19-9-7-8-18(25)15-19/h5-9,11-12,15,20-23,27H,2-4,10,13-14,16-17H2,1H3/b6-5-,12-11+/t20-,21-,22+,23+/m1/s1. The molecule has 1 aromatic rings. The van der Waals surface area contributed by atoms with Gasteiger partial charge in [-0.3, -0.25) is 0 Å². The zero-order valence-electron chi connectivity index (χ0n) is 17.5. The van der Waals surface area contributed by atoms with Gasteiger partial charge in [0.15, 0.2) is 0 Å². The van der Waals surface area contributed by atoms with Crippen LogP contribution in [0.15, 0.2) is 48.6 Å². The van der Waals surface area contributed by atoms with Gasteiger partial charge in [0.1, 0.15) is 12.4 Å². The molecule has 2 fully saturated rings. The molecule has 1 heterocycles. The van der Waals surface area contributed by atoms with Gasteiger partial charge < -0.3 is 19.3 Å². The summed E-state index contributed by atoms with van der Waals surface area (Å²) in [5, 5.41) is 11.0. The molecule has 1 N–H and O–H groups in total. The van der Waals surface area contributed by atoms with E-state index >= 15 is 0 Å². The van der Waals surface area contributed by atoms with Gasteiger partial charge in [-0.15, -0.1) is 11.6 Å². The number of aliphatic hydroxyl groups excluding tert-OH is 1. The summed E-state index contributed by atoms with van der Waals surface area (Å²) in [6.45, 7) is 3.41. The van der Waals surface area contributed by atoms with Gasteiger partial charge in [-0.1, -0.05) is 55.7 Å². The van der Waals surface area contributed by atoms with E-state index in [9.17, 15) is 5.11 Å². The van der Waals surface area contributed by atoms with Crippen LogP contribution in [0, 0.1) is 11.8 Å². The lowest BCUT2D eigenvalue weighted by atomic mass is 9.90. The molecule has 1 aromatic carbocycles. The van der Waals surface area contributed by atoms with Crippen LogP contribution in [0.25, 0.3) is 0 Å². The van der Waals surface area contributed by atoms with Crippen molar-refractivity contribution >= 4 is 23.2 Å². The highest BCUT2D eigenvalue weighted by Gasteiger charge is 2.41. The second-order valence-corrected chi connectivity index (χ2v) is 9.02. The SMILES string of the molecule is CCCC/C=C\C[C@@H]1[C@@H](/C=C/C2(COc3cccc(Cl)c3)OCCO2)[C@@H](Cl)C[C@@H]1O. The number of aliphatic hydroxyl groups is 1. The van der Waals surface area contributed by atoms with Gasteiger partial charge in [0.05, 0.1) is 19.3 Å². The van der Waals surface area contributed by atoms with Crippen LogP contribution in [0.3, 0.4) is 0 Å². The molecule has 4 atom stereocenters. The summed E-state index contributed by atoms with van der Waals surface area (Å²) in [5.41, 5.74) is 0. The van der Waals surface area contributed by atoms with Crippen molar-refractivity contribution in [3.05, 3.63) is 53.6 Å². The summed E-state index contributed by atoms with van der Waals surface area (Å²) in [6.07, 6.45) is 12.8. The first kappa shape index (κ1) is 23.6. The highest BCUT2D eigenvalue weighted by Crippen LogP contribution is 2.40. The van der Waals surface area contributed by atoms with E-state index in [0.717, 1.165) is 12.8 Å². The summed E-state index contributed by atoms with van der Waals surface area (Å²) >= 11 is 12.6. The Morgan fingerprint density at radius 3 is 2.80 bits per heavy atom. The van der Waals surface area contributed by atoms with Crippen LogP contribution in [0.5, 0.6) is 5.75 Å². The molecular weight excluding hydrogens is 423 g/mol. The van der Waals surface area contributed by atoms with Gasteiger partial charge in [0.25, 0.3) is 0 Å². The fourth-order valence-electron chi connectivity index (χ4n) is 4.05. The third-order valence-corrected chi connectivity index (χ3v) is 6.46. The average Bonchev–Trinajstić information content (AvgIpc) is 3.29. The third kappa shape index (κ3) is 6.48. The minimum atomic E-state index is -0.950. The predicted molar refractivity (Wildman–Crippen MR) is 121 cm³/mol. The molecule has 0 amide bonds. The summed E-state index contributed by atoms with van der Waals surface area (Å²) in [7, 11) is 0. The topological polar surface area (TPSA) is 47.9 Å². The van der Waals surface area contributed by atoms with Crippen LogP contribution in [0.4, 0.5) is 0 Å². The van der Waals surface area contributed by atoms with Crippen LogP contribution in [-0.2, 0) is 9.47 Å². The van der Waals surface area contributed by atoms with Crippen molar-refractivity contribution in [1.29, 1.82) is 0 Å². The van der Waals surface area contributed by atoms with Crippen molar-refractivity contribution < 1.29 is 19.3 Å². The molecule has 1 saturated carbocycles. The fraction of sp³-hybridized carbons (Fsp3) is 0.583. The van der Waals surface area contributed by atoms with Gasteiger partial charge >= 0.3 is 0 Å². The number of benzene rings is 1. The lowest BCUT2D eigenvalue weighted by Crippen LogP contribution is -2.35. The number of alkyl halides is 1. The lowest BCUT2D eigenvalue weighted by molar-refractivity contribution is -0.139. The first-order valence-electron chi connectivity index (χ1n) is 10.9. The molecule has 1 aliphatic heterocycles. The molecule has 1 saturated heterocycles. The number of allylic oxidation sites excluding steroid dienone is 3. The lowest BCUT2D eigenvalue weighted by Gasteiger charge is -2.26. The van der Waals surface area contributed by atoms with Gasteiger partial charge in [0.2, 0.25) is 5.79 Å². The van der Waals surface area contributed by atoms with Crippen molar-refractivity contribution in [1.82, 2.24) is 0 Å². The number of hydrogen-bond acceptors (Lipinski definition) is 4. The number of ether oxygens (including phenoxy) is 3. The second-order valence-electron chi connectivity index (χ2n) is 8.02. The highest BCUT2D eigenvalue weighted by molar-refractivity contribution is 6.30. The molecule has 0 bridgehead atoms. The quantitative estimate of drug-likeness (QED) is 0.277. The summed E-state index contributed by atoms with van der Waals surface area (Å²) in [6, 6.07) is 7.25. The number of rotatable bonds is 10. The zero-order valence-corrected chi connectivity index (χ0v) is 19.0. The number of halogens is 2. The van der Waals surface area contributed by atoms with E-state index in [1.54, 1.807) is 12.1 Å². The zero-order chi connectivity index (χ0) is 21.4. The van der Waals surface area contributed by atoms with Crippen LogP contribution >= 0.6 is 23.2 Å². The molecule has 3 rings (SSSR count). The highest BCUT2D eigenvalue weighted by atomic mass is 35.5. The Hall–Kier alpha value is -1.04. The molecule has 0 unspecified atom stereocenters. The van der Waals surface area contributed by atoms with Crippen molar-refractivity contribution in [3.63, 3.8) is 0 Å². The van der Waals surface area contributed by atoms with Gasteiger partial charge in [-0.2, -0.15) is 0 Å². The molecular formula is C24H32Cl2O4. The number of hydrogen-bond donors (Lipinski definition) is 1. The predicted octanol–water partition coefficient (Wildman–Crippen LogP) is 5.76. The monoisotopic (exact) mass is 454 g/mol. The fourth-order valence-corrected chi connectivity index (χ4v) is 4.69. The molecule has 0 radical (unpaired) electrons. The van der Waals surface area contributed by atoms with E-state index in [0.29, 0.717) is 30.4 Å². The van der Waals surface area contributed by atoms with Crippen LogP contribution in [0.2, 0.25) is 5.02 Å². The van der Waals surface area contributed by atoms with Crippen molar-refractivity contribution in [3.8, 4) is 5.75 Å². The largest absolute Gasteiger partial charge is 0.488 e. The van der Waals surface area contributed by atoms with Gasteiger partial charge in [-0.25, -0.2) is 0 Å². The Morgan fingerprint density at radius 1 is 1.27 bits per heavy atom. The molecule has 0 aromatic heterocycles. The molecule has 0 spiro atoms. The minimum Gasteiger partial charge on any atom is -0.488 e. The summed E-state index contributed by atoms with van der Waals surface area (Å²) < 4.78 is 17.7. The Balaban J connectivity index is 1.65. The molecule has 4 nitrogen and oxygen atoms in total. The third-order valence-electron chi connectivity index (χ3n) is 5.76. The first-order valence-corrected chi connectivity index (χ1v) is 11.7. The van der Waals surface area contributed by atoms with E-state index in [-0.39, 0.29) is 23.8 Å². The van der Waals surface area contributed by atoms with Gasteiger partial charge in [0, 0.05) is 10.4 Å². The molecule has 1 aliphatic carbocycles. The van der Waals surface area contributed by atoms with E-state index < -0.39 is 11.9 Å². The smallest absolute Gasteiger partial charge is 0.223 e. The van der Waals surface area contributed by atoms with Crippen LogP contribution in [0.1, 0.15) is 39.0 Å². The van der Waals surface area contributed by atoms with Crippen molar-refractivity contribution in [2.24, 2.45) is 11.8 Å². The maximum absolute atomic E-state index is 10.5. The summed E-state index contributed by atoms with van der Waals surface area (Å²) in [4.78, 5) is 0. The maximum atomic E-state index is 10.5. The Labute approximate surface area is 189 Å². The molecule has 2 aliphatic rings. The average molecular weight is 455 g/mol. The Bertz CT molecular complexity index is 715. The van der Waals surface area contributed by atoms with Crippen LogP contribution in [-0.4, -0.2) is 42.2 Å². The van der Waals surface area contributed by atoms with E-state index in [2.05, 4.69) is 19.1 Å². The Kier molecular flexibility index (Phi) is 9.09. The Morgan fingerprint density at radius 2 is 2.07 bits per heavy atom. The van der Waals surface area contributed by atoms with Crippen molar-refractivity contribution in [2.45, 2.75) is 56.3 Å². The van der Waals surface area contributed by atoms with E-state index in [1.165, 1.54) is 12.8 Å². The minimum absolute atomic E-state index is 0.0494. The maximum Gasteiger partial charge on any atom is 0.223 e. The first-order chi connectivity index (χ1) is 14.5. The van der Waals surface area contributed by atoms with Gasteiger partial charge in [-0.05, 0) is 55.4 Å². The number of unbranched alkanes of at least 4 members (excludes halogenated alkanes) is 2. The second kappa shape index (κ2) is 11.5. The molecule has 30 heavy (non-hydrogen) atoms. The van der Waals surface area contributed by atoms with Crippen molar-refractivity contribution in [2.75, 3.05) is 19.8 Å². The van der Waals surface area contributed by atoms with E-state index in [4.69, 9.17) is 37.4 Å². The van der Waals surface area contributed by atoms with Crippen LogP contribution < -0.4 is 4.74 Å². The summed E-state index contributed by atoms with van der Waals surface area (Å²) in [5.74, 6) is -0.146. The molecule has 166 valence electrons.